The first-order chi connectivity index (χ1) is 11.6. The maximum absolute atomic E-state index is 12.5. The van der Waals surface area contributed by atoms with Gasteiger partial charge in [-0.1, -0.05) is 30.3 Å². The Balaban J connectivity index is 1.44. The molecule has 7 nitrogen and oxygen atoms in total. The van der Waals surface area contributed by atoms with E-state index in [-0.39, 0.29) is 30.7 Å². The van der Waals surface area contributed by atoms with Crippen molar-refractivity contribution >= 4 is 18.0 Å². The number of piperidine rings is 1. The molecule has 126 valence electrons. The summed E-state index contributed by atoms with van der Waals surface area (Å²) in [7, 11) is 0. The Morgan fingerprint density at radius 3 is 2.42 bits per heavy atom. The van der Waals surface area contributed by atoms with Crippen LogP contribution in [0, 0.1) is 0 Å². The van der Waals surface area contributed by atoms with E-state index in [0.717, 1.165) is 18.4 Å². The summed E-state index contributed by atoms with van der Waals surface area (Å²) in [6.07, 6.45) is 2.21. The number of nitrogens with zero attached hydrogens (tertiary/aromatic N) is 1. The molecule has 3 aliphatic heterocycles. The molecule has 24 heavy (non-hydrogen) atoms. The van der Waals surface area contributed by atoms with Gasteiger partial charge in [-0.25, -0.2) is 9.59 Å². The fraction of sp³-hybridized carbons (Fsp3) is 0.471. The average Bonchev–Trinajstić information content (AvgIpc) is 2.99. The third-order valence-electron chi connectivity index (χ3n) is 5.22. The van der Waals surface area contributed by atoms with Crippen molar-refractivity contribution in [1.29, 1.82) is 0 Å². The zero-order chi connectivity index (χ0) is 16.7. The Bertz CT molecular complexity index is 676. The van der Waals surface area contributed by atoms with Gasteiger partial charge in [0.05, 0.1) is 0 Å². The van der Waals surface area contributed by atoms with Crippen LogP contribution in [0.15, 0.2) is 30.3 Å². The van der Waals surface area contributed by atoms with Gasteiger partial charge in [-0.15, -0.1) is 0 Å². The summed E-state index contributed by atoms with van der Waals surface area (Å²) in [5.41, 5.74) is 0.0770. The molecule has 7 heteroatoms. The highest BCUT2D eigenvalue weighted by molar-refractivity contribution is 6.07. The number of fused-ring (bicyclic) bond motifs is 2. The molecule has 3 heterocycles. The second kappa shape index (κ2) is 5.51. The summed E-state index contributed by atoms with van der Waals surface area (Å²) in [5.74, 6) is -0.276. The van der Waals surface area contributed by atoms with E-state index in [9.17, 15) is 14.4 Å². The number of imide groups is 1. The Kier molecular flexibility index (Phi) is 3.44. The van der Waals surface area contributed by atoms with Crippen molar-refractivity contribution in [1.82, 2.24) is 15.5 Å². The number of hydrogen-bond donors (Lipinski definition) is 2. The topological polar surface area (TPSA) is 87.7 Å². The smallest absolute Gasteiger partial charge is 0.410 e. The Hall–Kier alpha value is -2.57. The number of carbonyl (C=O) groups is 3. The molecule has 3 fully saturated rings. The van der Waals surface area contributed by atoms with Gasteiger partial charge in [-0.3, -0.25) is 10.1 Å². The summed E-state index contributed by atoms with van der Waals surface area (Å²) in [6, 6.07) is 8.94. The lowest BCUT2D eigenvalue weighted by molar-refractivity contribution is -0.126. The number of nitrogens with one attached hydrogen (secondary N) is 2. The number of carbonyl (C=O) groups excluding carboxylic acids is 3. The highest BCUT2D eigenvalue weighted by Crippen LogP contribution is 2.42. The minimum atomic E-state index is -0.862. The van der Waals surface area contributed by atoms with Gasteiger partial charge in [0.15, 0.2) is 0 Å². The highest BCUT2D eigenvalue weighted by atomic mass is 16.6. The number of amides is 4. The maximum Gasteiger partial charge on any atom is 0.410 e. The molecule has 4 rings (SSSR count). The van der Waals surface area contributed by atoms with Gasteiger partial charge in [-0.05, 0) is 18.4 Å². The molecule has 3 saturated heterocycles. The van der Waals surface area contributed by atoms with Crippen LogP contribution in [-0.2, 0) is 16.1 Å². The van der Waals surface area contributed by atoms with Gasteiger partial charge < -0.3 is 15.0 Å². The molecule has 2 N–H and O–H groups in total. The van der Waals surface area contributed by atoms with Gasteiger partial charge in [-0.2, -0.15) is 0 Å². The van der Waals surface area contributed by atoms with E-state index in [0.29, 0.717) is 12.8 Å². The average molecular weight is 329 g/mol. The molecule has 4 amide bonds. The van der Waals surface area contributed by atoms with E-state index in [1.165, 1.54) is 0 Å². The van der Waals surface area contributed by atoms with Crippen LogP contribution in [0.1, 0.15) is 31.2 Å². The zero-order valence-electron chi connectivity index (χ0n) is 13.2. The third kappa shape index (κ3) is 2.40. The van der Waals surface area contributed by atoms with Crippen molar-refractivity contribution in [3.8, 4) is 0 Å². The molecule has 2 atom stereocenters. The fourth-order valence-corrected chi connectivity index (χ4v) is 4.16. The summed E-state index contributed by atoms with van der Waals surface area (Å²) < 4.78 is 5.45. The summed E-state index contributed by atoms with van der Waals surface area (Å²) in [5, 5.41) is 5.07. The third-order valence-corrected chi connectivity index (χ3v) is 5.22. The van der Waals surface area contributed by atoms with Gasteiger partial charge in [0, 0.05) is 24.9 Å². The molecular weight excluding hydrogens is 310 g/mol. The number of benzene rings is 1. The Morgan fingerprint density at radius 2 is 1.83 bits per heavy atom. The summed E-state index contributed by atoms with van der Waals surface area (Å²) in [6.45, 7) is 0.234. The number of rotatable bonds is 2. The van der Waals surface area contributed by atoms with E-state index in [4.69, 9.17) is 4.74 Å². The van der Waals surface area contributed by atoms with E-state index >= 15 is 0 Å². The predicted octanol–water partition coefficient (Wildman–Crippen LogP) is 1.53. The molecule has 0 radical (unpaired) electrons. The van der Waals surface area contributed by atoms with Gasteiger partial charge >= 0.3 is 12.1 Å². The molecular formula is C17H19N3O4. The van der Waals surface area contributed by atoms with Crippen molar-refractivity contribution < 1.29 is 19.1 Å². The number of hydrogen-bond acceptors (Lipinski definition) is 4. The molecule has 0 saturated carbocycles. The van der Waals surface area contributed by atoms with E-state index in [1.807, 2.05) is 30.3 Å². The van der Waals surface area contributed by atoms with Crippen LogP contribution in [0.5, 0.6) is 0 Å². The van der Waals surface area contributed by atoms with Gasteiger partial charge in [0.25, 0.3) is 5.91 Å². The lowest BCUT2D eigenvalue weighted by Gasteiger charge is -2.42. The second-order valence-corrected chi connectivity index (χ2v) is 6.73. The van der Waals surface area contributed by atoms with Crippen LogP contribution < -0.4 is 10.6 Å². The van der Waals surface area contributed by atoms with E-state index in [1.54, 1.807) is 4.90 Å². The van der Waals surface area contributed by atoms with Crippen LogP contribution in [-0.4, -0.2) is 40.6 Å². The van der Waals surface area contributed by atoms with Crippen LogP contribution in [0.3, 0.4) is 0 Å². The van der Waals surface area contributed by atoms with Crippen molar-refractivity contribution in [3.05, 3.63) is 35.9 Å². The first-order valence-corrected chi connectivity index (χ1v) is 8.20. The lowest BCUT2D eigenvalue weighted by atomic mass is 9.83. The first-order valence-electron chi connectivity index (χ1n) is 8.20. The maximum atomic E-state index is 12.5. The van der Waals surface area contributed by atoms with Crippen molar-refractivity contribution in [2.45, 2.75) is 49.9 Å². The van der Waals surface area contributed by atoms with Crippen molar-refractivity contribution in [2.24, 2.45) is 0 Å². The molecule has 1 spiro atoms. The SMILES string of the molecule is O=C1NC(=O)C2(CC3CCC(C2)N3C(=O)OCc2ccccc2)N1. The van der Waals surface area contributed by atoms with E-state index < -0.39 is 11.6 Å². The molecule has 0 aliphatic carbocycles. The summed E-state index contributed by atoms with van der Waals surface area (Å²) >= 11 is 0. The van der Waals surface area contributed by atoms with Crippen LogP contribution in [0.25, 0.3) is 0 Å². The largest absolute Gasteiger partial charge is 0.445 e. The Labute approximate surface area is 139 Å². The molecule has 1 aromatic carbocycles. The summed E-state index contributed by atoms with van der Waals surface area (Å²) in [4.78, 5) is 37.9. The van der Waals surface area contributed by atoms with Crippen molar-refractivity contribution in [3.63, 3.8) is 0 Å². The predicted molar refractivity (Wildman–Crippen MR) is 83.9 cm³/mol. The fourth-order valence-electron chi connectivity index (χ4n) is 4.16. The first kappa shape index (κ1) is 15.0. The second-order valence-electron chi connectivity index (χ2n) is 6.73. The minimum Gasteiger partial charge on any atom is -0.445 e. The quantitative estimate of drug-likeness (QED) is 0.806. The van der Waals surface area contributed by atoms with Crippen LogP contribution in [0.2, 0.25) is 0 Å². The van der Waals surface area contributed by atoms with E-state index in [2.05, 4.69) is 10.6 Å². The molecule has 2 unspecified atom stereocenters. The molecule has 1 aromatic rings. The lowest BCUT2D eigenvalue weighted by Crippen LogP contribution is -2.60. The standard InChI is InChI=1S/C17H19N3O4/c21-14-17(19-15(22)18-14)8-12-6-7-13(9-17)20(12)16(23)24-10-11-4-2-1-3-5-11/h1-5,12-13H,6-10H2,(H2,18,19,21,22). The molecule has 3 aliphatic rings. The van der Waals surface area contributed by atoms with Crippen molar-refractivity contribution in [2.75, 3.05) is 0 Å². The number of urea groups is 1. The van der Waals surface area contributed by atoms with Gasteiger partial charge in [0.2, 0.25) is 0 Å². The zero-order valence-corrected chi connectivity index (χ0v) is 13.2. The van der Waals surface area contributed by atoms with Crippen LogP contribution in [0.4, 0.5) is 9.59 Å². The molecule has 0 aromatic heterocycles. The minimum absolute atomic E-state index is 0.0730. The Morgan fingerprint density at radius 1 is 1.17 bits per heavy atom. The van der Waals surface area contributed by atoms with Crippen LogP contribution >= 0.6 is 0 Å². The number of ether oxygens (including phenoxy) is 1. The monoisotopic (exact) mass is 329 g/mol. The van der Waals surface area contributed by atoms with Gasteiger partial charge in [0.1, 0.15) is 12.1 Å². The normalized spacial score (nSPS) is 31.1. The molecule has 2 bridgehead atoms. The highest BCUT2D eigenvalue weighted by Gasteiger charge is 2.57.